The highest BCUT2D eigenvalue weighted by molar-refractivity contribution is 8.07. The summed E-state index contributed by atoms with van der Waals surface area (Å²) in [5.74, 6) is -5.54. The number of fused-ring (bicyclic) bond motifs is 1. The van der Waals surface area contributed by atoms with Crippen molar-refractivity contribution in [2.45, 2.75) is 32.7 Å². The van der Waals surface area contributed by atoms with Gasteiger partial charge in [-0.15, -0.1) is 11.3 Å². The summed E-state index contributed by atoms with van der Waals surface area (Å²) in [5.41, 5.74) is -2.41. The summed E-state index contributed by atoms with van der Waals surface area (Å²) in [4.78, 5) is 12.5. The molecule has 1 heterocycles. The maximum absolute atomic E-state index is 15.6. The van der Waals surface area contributed by atoms with Crippen molar-refractivity contribution in [1.82, 2.24) is 0 Å². The number of carbonyl (C=O) groups is 1. The average molecular weight is 510 g/mol. The fourth-order valence-corrected chi connectivity index (χ4v) is 5.79. The van der Waals surface area contributed by atoms with Crippen molar-refractivity contribution in [3.63, 3.8) is 0 Å². The van der Waals surface area contributed by atoms with Crippen molar-refractivity contribution in [3.8, 4) is 0 Å². The summed E-state index contributed by atoms with van der Waals surface area (Å²) in [6.45, 7) is 4.16. The van der Waals surface area contributed by atoms with E-state index in [0.29, 0.717) is 33.6 Å². The van der Waals surface area contributed by atoms with E-state index in [4.69, 9.17) is 16.3 Å². The van der Waals surface area contributed by atoms with Gasteiger partial charge in [-0.1, -0.05) is 29.8 Å². The molecule has 5 nitrogen and oxygen atoms in total. The Kier molecular flexibility index (Phi) is 6.47. The van der Waals surface area contributed by atoms with E-state index in [0.717, 1.165) is 0 Å². The molecule has 0 N–H and O–H groups in total. The summed E-state index contributed by atoms with van der Waals surface area (Å²) in [5, 5.41) is -2.18. The van der Waals surface area contributed by atoms with Crippen LogP contribution in [0.2, 0.25) is 5.02 Å². The number of ether oxygens (including phenoxy) is 1. The number of thiophene rings is 1. The zero-order valence-corrected chi connectivity index (χ0v) is 19.2. The van der Waals surface area contributed by atoms with Crippen LogP contribution < -0.4 is 4.31 Å². The number of halogens is 5. The minimum absolute atomic E-state index is 0.0795. The summed E-state index contributed by atoms with van der Waals surface area (Å²) in [6, 6.07) is 7.29. The SMILES string of the molecule is CC(C)(C)OC(=O)S(=O)(=O)N(c1sc2ccccc2c1Cl)C(F)c1ccc(F)c(F)c1F. The zero-order valence-electron chi connectivity index (χ0n) is 16.8. The van der Waals surface area contributed by atoms with Crippen molar-refractivity contribution in [3.05, 3.63) is 64.4 Å². The van der Waals surface area contributed by atoms with Crippen LogP contribution in [0, 0.1) is 17.5 Å². The quantitative estimate of drug-likeness (QED) is 0.170. The molecule has 3 aromatic rings. The molecule has 0 spiro atoms. The van der Waals surface area contributed by atoms with Crippen LogP contribution in [0.15, 0.2) is 36.4 Å². The molecule has 0 amide bonds. The largest absolute Gasteiger partial charge is 0.447 e. The minimum Gasteiger partial charge on any atom is -0.447 e. The molecule has 0 aliphatic heterocycles. The molecule has 0 aliphatic carbocycles. The van der Waals surface area contributed by atoms with Crippen molar-refractivity contribution in [2.75, 3.05) is 4.31 Å². The van der Waals surface area contributed by atoms with Gasteiger partial charge in [0.25, 0.3) is 0 Å². The Bertz CT molecular complexity index is 1300. The Morgan fingerprint density at radius 1 is 1.09 bits per heavy atom. The second-order valence-electron chi connectivity index (χ2n) is 7.58. The van der Waals surface area contributed by atoms with Gasteiger partial charge in [0, 0.05) is 15.6 Å². The van der Waals surface area contributed by atoms with E-state index < -0.39 is 55.2 Å². The van der Waals surface area contributed by atoms with Gasteiger partial charge in [-0.25, -0.2) is 26.7 Å². The van der Waals surface area contributed by atoms with Crippen molar-refractivity contribution < 1.29 is 35.5 Å². The van der Waals surface area contributed by atoms with Crippen molar-refractivity contribution in [2.24, 2.45) is 0 Å². The van der Waals surface area contributed by atoms with E-state index in [1.807, 2.05) is 0 Å². The van der Waals surface area contributed by atoms with Gasteiger partial charge in [-0.3, -0.25) is 0 Å². The van der Waals surface area contributed by atoms with E-state index in [1.165, 1.54) is 26.8 Å². The van der Waals surface area contributed by atoms with Crippen LogP contribution in [-0.4, -0.2) is 19.3 Å². The summed E-state index contributed by atoms with van der Waals surface area (Å²) < 4.78 is 88.4. The molecule has 1 unspecified atom stereocenters. The van der Waals surface area contributed by atoms with Crippen LogP contribution in [0.4, 0.5) is 27.4 Å². The minimum atomic E-state index is -5.30. The van der Waals surface area contributed by atoms with E-state index in [1.54, 1.807) is 18.2 Å². The Morgan fingerprint density at radius 3 is 2.31 bits per heavy atom. The number of rotatable bonds is 4. The number of carbonyl (C=O) groups excluding carboxylic acids is 1. The lowest BCUT2D eigenvalue weighted by Crippen LogP contribution is -2.40. The molecule has 3 rings (SSSR count). The fraction of sp³-hybridized carbons (Fsp3) is 0.250. The second-order valence-corrected chi connectivity index (χ2v) is 10.7. The first-order chi connectivity index (χ1) is 14.8. The van der Waals surface area contributed by atoms with Gasteiger partial charge in [0.2, 0.25) is 6.30 Å². The highest BCUT2D eigenvalue weighted by Gasteiger charge is 2.43. The number of benzene rings is 2. The molecule has 2 aromatic carbocycles. The predicted molar refractivity (Wildman–Crippen MR) is 115 cm³/mol. The summed E-state index contributed by atoms with van der Waals surface area (Å²) in [7, 11) is -5.30. The molecule has 1 aromatic heterocycles. The Labute approximate surface area is 190 Å². The van der Waals surface area contributed by atoms with Gasteiger partial charge in [-0.2, -0.15) is 8.42 Å². The molecule has 0 aliphatic rings. The van der Waals surface area contributed by atoms with Crippen LogP contribution in [-0.2, 0) is 14.8 Å². The number of nitrogens with zero attached hydrogens (tertiary/aromatic N) is 1. The highest BCUT2D eigenvalue weighted by Crippen LogP contribution is 2.47. The lowest BCUT2D eigenvalue weighted by atomic mass is 10.2. The van der Waals surface area contributed by atoms with E-state index in [2.05, 4.69) is 0 Å². The third-order valence-corrected chi connectivity index (χ3v) is 7.28. The number of hydrogen-bond donors (Lipinski definition) is 0. The van der Waals surface area contributed by atoms with Crippen molar-refractivity contribution >= 4 is 53.3 Å². The molecular formula is C20H16ClF4NO4S2. The smallest absolute Gasteiger partial charge is 0.445 e. The molecule has 0 fully saturated rings. The van der Waals surface area contributed by atoms with Gasteiger partial charge in [0.1, 0.15) is 10.6 Å². The first kappa shape index (κ1) is 24.3. The molecule has 172 valence electrons. The van der Waals surface area contributed by atoms with E-state index >= 15 is 4.39 Å². The van der Waals surface area contributed by atoms with Crippen LogP contribution in [0.1, 0.15) is 32.6 Å². The molecule has 0 saturated carbocycles. The Hall–Kier alpha value is -2.37. The summed E-state index contributed by atoms with van der Waals surface area (Å²) in [6.07, 6.45) is -2.96. The average Bonchev–Trinajstić information content (AvgIpc) is 3.01. The molecule has 12 heteroatoms. The first-order valence-electron chi connectivity index (χ1n) is 8.97. The molecular weight excluding hydrogens is 494 g/mol. The molecule has 0 saturated heterocycles. The van der Waals surface area contributed by atoms with Crippen LogP contribution >= 0.6 is 22.9 Å². The van der Waals surface area contributed by atoms with E-state index in [-0.39, 0.29) is 9.33 Å². The van der Waals surface area contributed by atoms with Gasteiger partial charge >= 0.3 is 15.3 Å². The third-order valence-electron chi connectivity index (χ3n) is 4.10. The first-order valence-corrected chi connectivity index (χ1v) is 11.6. The highest BCUT2D eigenvalue weighted by atomic mass is 35.5. The zero-order chi connectivity index (χ0) is 24.0. The predicted octanol–water partition coefficient (Wildman–Crippen LogP) is 6.71. The van der Waals surface area contributed by atoms with Crippen molar-refractivity contribution in [1.29, 1.82) is 0 Å². The number of hydrogen-bond acceptors (Lipinski definition) is 5. The van der Waals surface area contributed by atoms with Crippen LogP contribution in [0.25, 0.3) is 10.1 Å². The number of alkyl halides is 1. The Morgan fingerprint density at radius 2 is 1.72 bits per heavy atom. The van der Waals surface area contributed by atoms with Gasteiger partial charge in [0.05, 0.1) is 5.02 Å². The number of sulfonamides is 1. The Balaban J connectivity index is 2.25. The van der Waals surface area contributed by atoms with Crippen LogP contribution in [0.5, 0.6) is 0 Å². The van der Waals surface area contributed by atoms with Gasteiger partial charge in [-0.05, 0) is 39.0 Å². The van der Waals surface area contributed by atoms with Gasteiger partial charge < -0.3 is 4.74 Å². The van der Waals surface area contributed by atoms with Crippen LogP contribution in [0.3, 0.4) is 0 Å². The van der Waals surface area contributed by atoms with E-state index in [9.17, 15) is 26.4 Å². The molecule has 1 atom stereocenters. The maximum atomic E-state index is 15.6. The maximum Gasteiger partial charge on any atom is 0.445 e. The molecule has 0 radical (unpaired) electrons. The lowest BCUT2D eigenvalue weighted by Gasteiger charge is -2.28. The lowest BCUT2D eigenvalue weighted by molar-refractivity contribution is 0.0716. The second kappa shape index (κ2) is 8.53. The fourth-order valence-electron chi connectivity index (χ4n) is 2.71. The third kappa shape index (κ3) is 4.41. The van der Waals surface area contributed by atoms with Gasteiger partial charge in [0.15, 0.2) is 17.5 Å². The standard InChI is InChI=1S/C20H16ClF4NO4S2/c1-20(2,3)30-19(27)32(28,29)26(17(25)11-8-9-12(22)16(24)15(11)23)18-14(21)10-6-4-5-7-13(10)31-18/h4-9,17H,1-3H3. The monoisotopic (exact) mass is 509 g/mol. The molecule has 32 heavy (non-hydrogen) atoms. The number of anilines is 1. The normalized spacial score (nSPS) is 13.2. The summed E-state index contributed by atoms with van der Waals surface area (Å²) >= 11 is 6.99. The molecule has 0 bridgehead atoms. The topological polar surface area (TPSA) is 63.7 Å².